The smallest absolute Gasteiger partial charge is 0.229 e. The quantitative estimate of drug-likeness (QED) is 0.619. The fourth-order valence-electron chi connectivity index (χ4n) is 2.59. The minimum atomic E-state index is -0.221. The molecule has 3 aromatic rings. The lowest BCUT2D eigenvalue weighted by Gasteiger charge is -2.11. The zero-order chi connectivity index (χ0) is 18.5. The number of aryl methyl sites for hydroxylation is 2. The minimum Gasteiger partial charge on any atom is -0.370 e. The number of aromatic nitrogens is 2. The van der Waals surface area contributed by atoms with Crippen LogP contribution in [0, 0.1) is 19.7 Å². The third-order valence-electron chi connectivity index (χ3n) is 3.92. The first-order chi connectivity index (χ1) is 12.5. The van der Waals surface area contributed by atoms with Crippen molar-refractivity contribution in [3.63, 3.8) is 0 Å². The van der Waals surface area contributed by atoms with E-state index in [1.54, 1.807) is 12.1 Å². The molecule has 6 heteroatoms. The van der Waals surface area contributed by atoms with Crippen LogP contribution in [0.1, 0.15) is 16.8 Å². The molecule has 0 aliphatic carbocycles. The maximum Gasteiger partial charge on any atom is 0.229 e. The Hall–Kier alpha value is -2.66. The Kier molecular flexibility index (Phi) is 5.68. The summed E-state index contributed by atoms with van der Waals surface area (Å²) in [5.41, 5.74) is 3.86. The number of anilines is 3. The van der Waals surface area contributed by atoms with Crippen molar-refractivity contribution in [3.8, 4) is 0 Å². The van der Waals surface area contributed by atoms with E-state index in [4.69, 9.17) is 11.6 Å². The van der Waals surface area contributed by atoms with Crippen molar-refractivity contribution < 1.29 is 4.39 Å². The van der Waals surface area contributed by atoms with Crippen molar-refractivity contribution in [1.29, 1.82) is 0 Å². The molecule has 0 radical (unpaired) electrons. The molecule has 0 aliphatic heterocycles. The van der Waals surface area contributed by atoms with Crippen molar-refractivity contribution in [2.45, 2.75) is 20.3 Å². The third kappa shape index (κ3) is 4.92. The average Bonchev–Trinajstić information content (AvgIpc) is 2.59. The summed E-state index contributed by atoms with van der Waals surface area (Å²) < 4.78 is 12.9. The summed E-state index contributed by atoms with van der Waals surface area (Å²) in [7, 11) is 0. The Morgan fingerprint density at radius 2 is 1.77 bits per heavy atom. The lowest BCUT2D eigenvalue weighted by atomic mass is 10.1. The van der Waals surface area contributed by atoms with Gasteiger partial charge < -0.3 is 10.6 Å². The van der Waals surface area contributed by atoms with Crippen LogP contribution in [0.3, 0.4) is 0 Å². The average molecular weight is 371 g/mol. The molecule has 26 heavy (non-hydrogen) atoms. The summed E-state index contributed by atoms with van der Waals surface area (Å²) >= 11 is 6.00. The van der Waals surface area contributed by atoms with E-state index in [2.05, 4.69) is 20.6 Å². The maximum atomic E-state index is 12.9. The van der Waals surface area contributed by atoms with Crippen LogP contribution in [0.5, 0.6) is 0 Å². The lowest BCUT2D eigenvalue weighted by Crippen LogP contribution is -2.09. The predicted molar refractivity (Wildman–Crippen MR) is 105 cm³/mol. The maximum absolute atomic E-state index is 12.9. The van der Waals surface area contributed by atoms with Gasteiger partial charge in [-0.2, -0.15) is 4.98 Å². The fraction of sp³-hybridized carbons (Fsp3) is 0.200. The Morgan fingerprint density at radius 1 is 1.00 bits per heavy atom. The monoisotopic (exact) mass is 370 g/mol. The first kappa shape index (κ1) is 18.1. The second-order valence-corrected chi connectivity index (χ2v) is 6.54. The number of hydrogen-bond donors (Lipinski definition) is 2. The summed E-state index contributed by atoms with van der Waals surface area (Å²) in [6.45, 7) is 4.60. The number of benzene rings is 2. The SMILES string of the molecule is Cc1cc(NCCc2ccc(F)cc2)nc(Nc2ccc(Cl)cc2C)n1. The molecular formula is C20H20ClFN4. The van der Waals surface area contributed by atoms with Crippen molar-refractivity contribution in [1.82, 2.24) is 9.97 Å². The van der Waals surface area contributed by atoms with Crippen LogP contribution in [0.4, 0.5) is 21.8 Å². The zero-order valence-electron chi connectivity index (χ0n) is 14.7. The van der Waals surface area contributed by atoms with E-state index in [9.17, 15) is 4.39 Å². The molecule has 2 aromatic carbocycles. The number of nitrogens with one attached hydrogen (secondary N) is 2. The Morgan fingerprint density at radius 3 is 2.50 bits per heavy atom. The number of hydrogen-bond acceptors (Lipinski definition) is 4. The fourth-order valence-corrected chi connectivity index (χ4v) is 2.82. The van der Waals surface area contributed by atoms with Crippen LogP contribution >= 0.6 is 11.6 Å². The van der Waals surface area contributed by atoms with Gasteiger partial charge in [0.25, 0.3) is 0 Å². The first-order valence-corrected chi connectivity index (χ1v) is 8.74. The highest BCUT2D eigenvalue weighted by Gasteiger charge is 2.05. The summed E-state index contributed by atoms with van der Waals surface area (Å²) in [6.07, 6.45) is 0.780. The molecule has 1 heterocycles. The van der Waals surface area contributed by atoms with Gasteiger partial charge in [0.2, 0.25) is 5.95 Å². The summed E-state index contributed by atoms with van der Waals surface area (Å²) in [6, 6.07) is 14.0. The molecule has 2 N–H and O–H groups in total. The normalized spacial score (nSPS) is 10.6. The molecule has 0 saturated carbocycles. The lowest BCUT2D eigenvalue weighted by molar-refractivity contribution is 0.627. The van der Waals surface area contributed by atoms with E-state index >= 15 is 0 Å². The Labute approximate surface area is 157 Å². The topological polar surface area (TPSA) is 49.8 Å². The minimum absolute atomic E-state index is 0.221. The molecule has 4 nitrogen and oxygen atoms in total. The van der Waals surface area contributed by atoms with Crippen molar-refractivity contribution >= 4 is 29.1 Å². The van der Waals surface area contributed by atoms with Gasteiger partial charge in [0.1, 0.15) is 11.6 Å². The Balaban J connectivity index is 1.66. The van der Waals surface area contributed by atoms with Gasteiger partial charge >= 0.3 is 0 Å². The molecule has 1 aromatic heterocycles. The molecule has 0 unspecified atom stereocenters. The summed E-state index contributed by atoms with van der Waals surface area (Å²) in [5, 5.41) is 7.22. The molecule has 0 bridgehead atoms. The standard InChI is InChI=1S/C20H20ClFN4/c1-13-11-16(21)5-8-18(13)25-20-24-14(2)12-19(26-20)23-10-9-15-3-6-17(22)7-4-15/h3-8,11-12H,9-10H2,1-2H3,(H2,23,24,25,26). The highest BCUT2D eigenvalue weighted by atomic mass is 35.5. The van der Waals surface area contributed by atoms with Crippen molar-refractivity contribution in [2.75, 3.05) is 17.2 Å². The molecule has 0 aliphatic rings. The molecule has 0 fully saturated rings. The molecule has 0 atom stereocenters. The van der Waals surface area contributed by atoms with Crippen LogP contribution in [0.15, 0.2) is 48.5 Å². The van der Waals surface area contributed by atoms with E-state index in [0.29, 0.717) is 17.5 Å². The van der Waals surface area contributed by atoms with Gasteiger partial charge in [0.05, 0.1) is 0 Å². The van der Waals surface area contributed by atoms with Crippen LogP contribution in [-0.4, -0.2) is 16.5 Å². The van der Waals surface area contributed by atoms with Crippen molar-refractivity contribution in [3.05, 3.63) is 76.2 Å². The second kappa shape index (κ2) is 8.15. The molecule has 0 amide bonds. The van der Waals surface area contributed by atoms with E-state index in [-0.39, 0.29) is 5.82 Å². The first-order valence-electron chi connectivity index (χ1n) is 8.37. The molecule has 0 saturated heterocycles. The van der Waals surface area contributed by atoms with Gasteiger partial charge in [-0.1, -0.05) is 23.7 Å². The zero-order valence-corrected chi connectivity index (χ0v) is 15.4. The summed E-state index contributed by atoms with van der Waals surface area (Å²) in [5.74, 6) is 1.05. The number of halogens is 2. The second-order valence-electron chi connectivity index (χ2n) is 6.11. The van der Waals surface area contributed by atoms with Gasteiger partial charge in [-0.25, -0.2) is 9.37 Å². The van der Waals surface area contributed by atoms with Gasteiger partial charge in [0, 0.05) is 29.0 Å². The van der Waals surface area contributed by atoms with Gasteiger partial charge in [-0.3, -0.25) is 0 Å². The van der Waals surface area contributed by atoms with Crippen LogP contribution in [-0.2, 0) is 6.42 Å². The molecule has 134 valence electrons. The van der Waals surface area contributed by atoms with Crippen LogP contribution < -0.4 is 10.6 Å². The Bertz CT molecular complexity index is 897. The molecule has 3 rings (SSSR count). The highest BCUT2D eigenvalue weighted by Crippen LogP contribution is 2.22. The van der Waals surface area contributed by atoms with Crippen LogP contribution in [0.2, 0.25) is 5.02 Å². The van der Waals surface area contributed by atoms with Gasteiger partial charge in [-0.05, 0) is 61.7 Å². The molecular weight excluding hydrogens is 351 g/mol. The third-order valence-corrected chi connectivity index (χ3v) is 4.16. The van der Waals surface area contributed by atoms with E-state index in [0.717, 1.165) is 34.7 Å². The molecule has 0 spiro atoms. The van der Waals surface area contributed by atoms with Gasteiger partial charge in [-0.15, -0.1) is 0 Å². The highest BCUT2D eigenvalue weighted by molar-refractivity contribution is 6.30. The van der Waals surface area contributed by atoms with Crippen molar-refractivity contribution in [2.24, 2.45) is 0 Å². The van der Waals surface area contributed by atoms with E-state index in [1.165, 1.54) is 12.1 Å². The predicted octanol–water partition coefficient (Wildman–Crippen LogP) is 5.28. The summed E-state index contributed by atoms with van der Waals surface area (Å²) in [4.78, 5) is 8.94. The van der Waals surface area contributed by atoms with E-state index < -0.39 is 0 Å². The van der Waals surface area contributed by atoms with E-state index in [1.807, 2.05) is 38.1 Å². The largest absolute Gasteiger partial charge is 0.370 e. The number of nitrogens with zero attached hydrogens (tertiary/aromatic N) is 2. The van der Waals surface area contributed by atoms with Crippen LogP contribution in [0.25, 0.3) is 0 Å². The number of rotatable bonds is 6. The van der Waals surface area contributed by atoms with Gasteiger partial charge in [0.15, 0.2) is 0 Å².